The van der Waals surface area contributed by atoms with Crippen LogP contribution in [0.4, 0.5) is 4.79 Å². The highest BCUT2D eigenvalue weighted by Gasteiger charge is 2.20. The van der Waals surface area contributed by atoms with Crippen LogP contribution in [-0.2, 0) is 16.0 Å². The molecular weight excluding hydrogens is 290 g/mol. The molecule has 5 heteroatoms. The van der Waals surface area contributed by atoms with Gasteiger partial charge in [0.25, 0.3) is 0 Å². The van der Waals surface area contributed by atoms with Gasteiger partial charge in [-0.3, -0.25) is 4.79 Å². The van der Waals surface area contributed by atoms with Crippen molar-refractivity contribution >= 4 is 23.5 Å². The standard InChI is InChI=1S/C16H22ClNO3/c1-11(19)8-14(18-15(20)21-16(2,3)4)10-12-6-5-7-13(17)9-12/h5-7,9,14H,8,10H2,1-4H3,(H,18,20)/t14-/m0/s1. The Hall–Kier alpha value is -1.55. The van der Waals surface area contributed by atoms with Gasteiger partial charge in [-0.15, -0.1) is 0 Å². The lowest BCUT2D eigenvalue weighted by Gasteiger charge is -2.23. The second-order valence-corrected chi connectivity index (χ2v) is 6.52. The van der Waals surface area contributed by atoms with Gasteiger partial charge in [0.05, 0.1) is 0 Å². The number of hydrogen-bond donors (Lipinski definition) is 1. The van der Waals surface area contributed by atoms with Crippen LogP contribution in [0, 0.1) is 0 Å². The van der Waals surface area contributed by atoms with E-state index in [1.165, 1.54) is 6.92 Å². The Morgan fingerprint density at radius 1 is 1.33 bits per heavy atom. The third-order valence-electron chi connectivity index (χ3n) is 2.63. The summed E-state index contributed by atoms with van der Waals surface area (Å²) in [5.41, 5.74) is 0.394. The van der Waals surface area contributed by atoms with Crippen LogP contribution in [0.3, 0.4) is 0 Å². The zero-order valence-corrected chi connectivity index (χ0v) is 13.7. The zero-order chi connectivity index (χ0) is 16.0. The third-order valence-corrected chi connectivity index (χ3v) is 2.86. The Morgan fingerprint density at radius 2 is 2.00 bits per heavy atom. The monoisotopic (exact) mass is 311 g/mol. The number of amides is 1. The third kappa shape index (κ3) is 7.71. The van der Waals surface area contributed by atoms with E-state index in [1.807, 2.05) is 18.2 Å². The molecule has 0 saturated heterocycles. The molecule has 0 aromatic heterocycles. The summed E-state index contributed by atoms with van der Waals surface area (Å²) >= 11 is 5.95. The van der Waals surface area contributed by atoms with Crippen molar-refractivity contribution in [3.05, 3.63) is 34.9 Å². The molecule has 1 amide bonds. The van der Waals surface area contributed by atoms with Gasteiger partial charge in [0.15, 0.2) is 0 Å². The molecule has 0 aliphatic rings. The number of halogens is 1. The number of nitrogens with one attached hydrogen (secondary N) is 1. The van der Waals surface area contributed by atoms with Gasteiger partial charge >= 0.3 is 6.09 Å². The molecule has 1 aromatic rings. The summed E-state index contributed by atoms with van der Waals surface area (Å²) in [6, 6.07) is 7.06. The van der Waals surface area contributed by atoms with Crippen LogP contribution in [0.2, 0.25) is 5.02 Å². The van der Waals surface area contributed by atoms with Gasteiger partial charge in [0, 0.05) is 17.5 Å². The van der Waals surface area contributed by atoms with Gasteiger partial charge in [-0.2, -0.15) is 0 Å². The van der Waals surface area contributed by atoms with Crippen LogP contribution < -0.4 is 5.32 Å². The molecule has 0 aliphatic heterocycles. The molecule has 0 radical (unpaired) electrons. The number of carbonyl (C=O) groups is 2. The number of Topliss-reactive ketones (excluding diaryl/α,β-unsaturated/α-hetero) is 1. The highest BCUT2D eigenvalue weighted by molar-refractivity contribution is 6.30. The van der Waals surface area contributed by atoms with Crippen molar-refractivity contribution in [1.29, 1.82) is 0 Å². The largest absolute Gasteiger partial charge is 0.444 e. The first-order chi connectivity index (χ1) is 9.65. The Morgan fingerprint density at radius 3 is 2.52 bits per heavy atom. The first-order valence-corrected chi connectivity index (χ1v) is 7.27. The molecule has 0 unspecified atom stereocenters. The Kier molecular flexibility index (Phi) is 6.21. The van der Waals surface area contributed by atoms with Crippen LogP contribution in [0.15, 0.2) is 24.3 Å². The summed E-state index contributed by atoms with van der Waals surface area (Å²) < 4.78 is 5.22. The first-order valence-electron chi connectivity index (χ1n) is 6.89. The fourth-order valence-electron chi connectivity index (χ4n) is 1.94. The van der Waals surface area contributed by atoms with Crippen LogP contribution in [0.25, 0.3) is 0 Å². The molecule has 116 valence electrons. The molecule has 0 spiro atoms. The van der Waals surface area contributed by atoms with Crippen molar-refractivity contribution < 1.29 is 14.3 Å². The Balaban J connectivity index is 2.72. The maximum Gasteiger partial charge on any atom is 0.407 e. The van der Waals surface area contributed by atoms with Crippen LogP contribution >= 0.6 is 11.6 Å². The lowest BCUT2D eigenvalue weighted by atomic mass is 10.0. The molecule has 1 atom stereocenters. The number of ketones is 1. The Labute approximate surface area is 130 Å². The van der Waals surface area contributed by atoms with Gasteiger partial charge in [0.1, 0.15) is 11.4 Å². The summed E-state index contributed by atoms with van der Waals surface area (Å²) in [4.78, 5) is 23.2. The molecule has 0 fully saturated rings. The highest BCUT2D eigenvalue weighted by atomic mass is 35.5. The molecule has 1 N–H and O–H groups in total. The van der Waals surface area contributed by atoms with Crippen molar-refractivity contribution in [1.82, 2.24) is 5.32 Å². The quantitative estimate of drug-likeness (QED) is 0.901. The molecule has 0 saturated carbocycles. The van der Waals surface area contributed by atoms with Crippen LogP contribution in [0.5, 0.6) is 0 Å². The van der Waals surface area contributed by atoms with Crippen molar-refractivity contribution in [2.24, 2.45) is 0 Å². The van der Waals surface area contributed by atoms with Gasteiger partial charge < -0.3 is 10.1 Å². The normalized spacial score (nSPS) is 12.6. The lowest BCUT2D eigenvalue weighted by Crippen LogP contribution is -2.41. The van der Waals surface area contributed by atoms with Gasteiger partial charge in [-0.1, -0.05) is 23.7 Å². The van der Waals surface area contributed by atoms with Gasteiger partial charge in [0.2, 0.25) is 0 Å². The number of ether oxygens (including phenoxy) is 1. The van der Waals surface area contributed by atoms with E-state index in [1.54, 1.807) is 26.8 Å². The summed E-state index contributed by atoms with van der Waals surface area (Å²) in [6.07, 6.45) is 0.265. The average Bonchev–Trinajstić information content (AvgIpc) is 2.24. The van der Waals surface area contributed by atoms with E-state index in [2.05, 4.69) is 5.32 Å². The minimum Gasteiger partial charge on any atom is -0.444 e. The summed E-state index contributed by atoms with van der Waals surface area (Å²) in [5, 5.41) is 3.38. The second kappa shape index (κ2) is 7.46. The molecule has 4 nitrogen and oxygen atoms in total. The number of carbonyl (C=O) groups excluding carboxylic acids is 2. The van der Waals surface area contributed by atoms with Crippen LogP contribution in [-0.4, -0.2) is 23.5 Å². The number of rotatable bonds is 5. The van der Waals surface area contributed by atoms with Crippen molar-refractivity contribution in [3.63, 3.8) is 0 Å². The summed E-state index contributed by atoms with van der Waals surface area (Å²) in [5.74, 6) is 0.0121. The fourth-order valence-corrected chi connectivity index (χ4v) is 2.16. The number of alkyl carbamates (subject to hydrolysis) is 1. The first kappa shape index (κ1) is 17.5. The maximum absolute atomic E-state index is 11.8. The molecule has 21 heavy (non-hydrogen) atoms. The molecule has 0 heterocycles. The van der Waals surface area contributed by atoms with E-state index < -0.39 is 11.7 Å². The Bertz CT molecular complexity index is 508. The smallest absolute Gasteiger partial charge is 0.407 e. The SMILES string of the molecule is CC(=O)C[C@@H](Cc1cccc(Cl)c1)NC(=O)OC(C)(C)C. The second-order valence-electron chi connectivity index (χ2n) is 6.08. The van der Waals surface area contributed by atoms with Crippen molar-refractivity contribution in [2.45, 2.75) is 52.2 Å². The highest BCUT2D eigenvalue weighted by Crippen LogP contribution is 2.14. The van der Waals surface area contributed by atoms with E-state index in [4.69, 9.17) is 16.3 Å². The van der Waals surface area contributed by atoms with E-state index in [0.29, 0.717) is 11.4 Å². The molecule has 1 aromatic carbocycles. The van der Waals surface area contributed by atoms with E-state index in [-0.39, 0.29) is 18.2 Å². The lowest BCUT2D eigenvalue weighted by molar-refractivity contribution is -0.117. The molecule has 1 rings (SSSR count). The average molecular weight is 312 g/mol. The zero-order valence-electron chi connectivity index (χ0n) is 12.9. The summed E-state index contributed by atoms with van der Waals surface area (Å²) in [6.45, 7) is 6.89. The van der Waals surface area contributed by atoms with Crippen molar-refractivity contribution in [2.75, 3.05) is 0 Å². The van der Waals surface area contributed by atoms with E-state index in [9.17, 15) is 9.59 Å². The summed E-state index contributed by atoms with van der Waals surface area (Å²) in [7, 11) is 0. The van der Waals surface area contributed by atoms with E-state index in [0.717, 1.165) is 5.56 Å². The fraction of sp³-hybridized carbons (Fsp3) is 0.500. The minimum absolute atomic E-state index is 0.0121. The maximum atomic E-state index is 11.8. The molecule has 0 aliphatic carbocycles. The number of benzene rings is 1. The predicted molar refractivity (Wildman–Crippen MR) is 83.6 cm³/mol. The van der Waals surface area contributed by atoms with Gasteiger partial charge in [-0.25, -0.2) is 4.79 Å². The van der Waals surface area contributed by atoms with Crippen molar-refractivity contribution in [3.8, 4) is 0 Å². The van der Waals surface area contributed by atoms with Crippen LogP contribution in [0.1, 0.15) is 39.7 Å². The molecule has 0 bridgehead atoms. The van der Waals surface area contributed by atoms with Gasteiger partial charge in [-0.05, 0) is 51.8 Å². The van der Waals surface area contributed by atoms with E-state index >= 15 is 0 Å². The number of hydrogen-bond acceptors (Lipinski definition) is 3. The molecular formula is C16H22ClNO3. The topological polar surface area (TPSA) is 55.4 Å². The predicted octanol–water partition coefficient (Wildman–Crippen LogP) is 3.75. The minimum atomic E-state index is -0.569.